The molecule has 3 N–H and O–H groups in total. The maximum absolute atomic E-state index is 14.3. The van der Waals surface area contributed by atoms with E-state index in [0.29, 0.717) is 23.7 Å². The number of rotatable bonds is 9. The van der Waals surface area contributed by atoms with Crippen molar-refractivity contribution in [3.63, 3.8) is 0 Å². The van der Waals surface area contributed by atoms with Gasteiger partial charge >= 0.3 is 0 Å². The Morgan fingerprint density at radius 3 is 2.54 bits per heavy atom. The van der Waals surface area contributed by atoms with Crippen molar-refractivity contribution in [1.82, 2.24) is 20.6 Å². The summed E-state index contributed by atoms with van der Waals surface area (Å²) in [6, 6.07) is 20.6. The topological polar surface area (TPSA) is 96.1 Å². The van der Waals surface area contributed by atoms with Crippen LogP contribution in [0.5, 0.6) is 5.75 Å². The van der Waals surface area contributed by atoms with E-state index in [1.807, 2.05) is 54.7 Å². The highest BCUT2D eigenvalue weighted by atomic mass is 16.5. The van der Waals surface area contributed by atoms with Gasteiger partial charge in [0.1, 0.15) is 11.3 Å². The number of nitrogens with one attached hydrogen (secondary N) is 3. The molecule has 2 atom stereocenters. The first-order chi connectivity index (χ1) is 19.0. The maximum atomic E-state index is 14.3. The number of aromatic nitrogens is 2. The quantitative estimate of drug-likeness (QED) is 0.260. The summed E-state index contributed by atoms with van der Waals surface area (Å²) >= 11 is 0. The molecule has 1 saturated carbocycles. The molecule has 0 saturated heterocycles. The van der Waals surface area contributed by atoms with Gasteiger partial charge in [-0.3, -0.25) is 14.6 Å². The van der Waals surface area contributed by atoms with E-state index < -0.39 is 5.54 Å². The molecule has 2 aromatic heterocycles. The van der Waals surface area contributed by atoms with Crippen molar-refractivity contribution >= 4 is 22.7 Å². The summed E-state index contributed by atoms with van der Waals surface area (Å²) in [7, 11) is 1.53. The van der Waals surface area contributed by atoms with Gasteiger partial charge in [-0.05, 0) is 61.6 Å². The van der Waals surface area contributed by atoms with Gasteiger partial charge in [-0.2, -0.15) is 0 Å². The SMILES string of the molecule is COc1ccccc1C(=O)N[C@@](C)(Cc1c[nH]c2ccccc12)C(=O)NC(c1ccccn1)C1CCCCC1. The molecule has 0 spiro atoms. The zero-order valence-electron chi connectivity index (χ0n) is 22.6. The van der Waals surface area contributed by atoms with E-state index in [1.165, 1.54) is 13.5 Å². The van der Waals surface area contributed by atoms with Crippen molar-refractivity contribution in [1.29, 1.82) is 0 Å². The highest BCUT2D eigenvalue weighted by Crippen LogP contribution is 2.34. The molecule has 1 unspecified atom stereocenters. The second-order valence-electron chi connectivity index (χ2n) is 10.6. The van der Waals surface area contributed by atoms with Gasteiger partial charge in [-0.15, -0.1) is 0 Å². The number of amides is 2. The van der Waals surface area contributed by atoms with E-state index in [0.717, 1.165) is 47.8 Å². The minimum Gasteiger partial charge on any atom is -0.496 e. The van der Waals surface area contributed by atoms with Crippen molar-refractivity contribution < 1.29 is 14.3 Å². The number of benzene rings is 2. The summed E-state index contributed by atoms with van der Waals surface area (Å²) in [6.45, 7) is 1.80. The molecule has 5 rings (SSSR count). The molecular formula is C32H36N4O3. The molecule has 39 heavy (non-hydrogen) atoms. The number of carbonyl (C=O) groups excluding carboxylic acids is 2. The number of para-hydroxylation sites is 2. The summed E-state index contributed by atoms with van der Waals surface area (Å²) in [5, 5.41) is 7.44. The fourth-order valence-corrected chi connectivity index (χ4v) is 5.75. The van der Waals surface area contributed by atoms with Crippen LogP contribution >= 0.6 is 0 Å². The summed E-state index contributed by atoms with van der Waals surface area (Å²) in [4.78, 5) is 35.8. The third-order valence-electron chi connectivity index (χ3n) is 7.88. The van der Waals surface area contributed by atoms with E-state index in [4.69, 9.17) is 4.74 Å². The van der Waals surface area contributed by atoms with E-state index in [9.17, 15) is 9.59 Å². The fraction of sp³-hybridized carbons (Fsp3) is 0.344. The van der Waals surface area contributed by atoms with E-state index in [1.54, 1.807) is 31.3 Å². The lowest BCUT2D eigenvalue weighted by Crippen LogP contribution is -2.59. The maximum Gasteiger partial charge on any atom is 0.255 e. The normalized spacial score (nSPS) is 16.3. The van der Waals surface area contributed by atoms with Crippen molar-refractivity contribution in [2.75, 3.05) is 7.11 Å². The highest BCUT2D eigenvalue weighted by Gasteiger charge is 2.39. The van der Waals surface area contributed by atoms with Gasteiger partial charge in [0.2, 0.25) is 5.91 Å². The predicted molar refractivity (Wildman–Crippen MR) is 153 cm³/mol. The Labute approximate surface area is 229 Å². The van der Waals surface area contributed by atoms with E-state index in [2.05, 4.69) is 20.6 Å². The number of ether oxygens (including phenoxy) is 1. The smallest absolute Gasteiger partial charge is 0.255 e. The highest BCUT2D eigenvalue weighted by molar-refractivity contribution is 6.01. The Hall–Kier alpha value is -4.13. The molecule has 4 aromatic rings. The molecule has 7 nitrogen and oxygen atoms in total. The van der Waals surface area contributed by atoms with E-state index >= 15 is 0 Å². The second-order valence-corrected chi connectivity index (χ2v) is 10.6. The summed E-state index contributed by atoms with van der Waals surface area (Å²) < 4.78 is 5.43. The van der Waals surface area contributed by atoms with Crippen molar-refractivity contribution in [2.24, 2.45) is 5.92 Å². The summed E-state index contributed by atoms with van der Waals surface area (Å²) in [5.41, 5.74) is 1.93. The minimum atomic E-state index is -1.25. The lowest BCUT2D eigenvalue weighted by molar-refractivity contribution is -0.128. The first kappa shape index (κ1) is 26.5. The van der Waals surface area contributed by atoms with Crippen LogP contribution in [0.25, 0.3) is 10.9 Å². The predicted octanol–water partition coefficient (Wildman–Crippen LogP) is 5.74. The lowest BCUT2D eigenvalue weighted by atomic mass is 9.81. The van der Waals surface area contributed by atoms with Crippen molar-refractivity contribution in [3.05, 3.63) is 95.9 Å². The van der Waals surface area contributed by atoms with E-state index in [-0.39, 0.29) is 17.9 Å². The Morgan fingerprint density at radius 2 is 1.77 bits per heavy atom. The Balaban J connectivity index is 1.49. The molecule has 2 aromatic carbocycles. The number of fused-ring (bicyclic) bond motifs is 1. The van der Waals surface area contributed by atoms with Crippen LogP contribution in [0.4, 0.5) is 0 Å². The number of nitrogens with zero attached hydrogens (tertiary/aromatic N) is 1. The third-order valence-corrected chi connectivity index (χ3v) is 7.88. The molecule has 7 heteroatoms. The number of H-pyrrole nitrogens is 1. The van der Waals surface area contributed by atoms with Crippen LogP contribution in [0.3, 0.4) is 0 Å². The second kappa shape index (κ2) is 11.7. The van der Waals surface area contributed by atoms with Gasteiger partial charge in [0.05, 0.1) is 24.4 Å². The zero-order chi connectivity index (χ0) is 27.2. The molecule has 2 heterocycles. The van der Waals surface area contributed by atoms with Gasteiger partial charge in [-0.25, -0.2) is 0 Å². The lowest BCUT2D eigenvalue weighted by Gasteiger charge is -2.35. The van der Waals surface area contributed by atoms with Crippen molar-refractivity contribution in [2.45, 2.75) is 57.0 Å². The van der Waals surface area contributed by atoms with Crippen LogP contribution in [0.15, 0.2) is 79.1 Å². The van der Waals surface area contributed by atoms with Crippen molar-refractivity contribution in [3.8, 4) is 5.75 Å². The average molecular weight is 525 g/mol. The zero-order valence-corrected chi connectivity index (χ0v) is 22.6. The molecule has 1 fully saturated rings. The number of carbonyl (C=O) groups is 2. The Morgan fingerprint density at radius 1 is 1.03 bits per heavy atom. The largest absolute Gasteiger partial charge is 0.496 e. The van der Waals surface area contributed by atoms with Gasteiger partial charge in [-0.1, -0.05) is 55.7 Å². The van der Waals surface area contributed by atoms with Gasteiger partial charge < -0.3 is 20.4 Å². The first-order valence-electron chi connectivity index (χ1n) is 13.7. The first-order valence-corrected chi connectivity index (χ1v) is 13.7. The van der Waals surface area contributed by atoms with Crippen LogP contribution in [-0.2, 0) is 11.2 Å². The summed E-state index contributed by atoms with van der Waals surface area (Å²) in [6.07, 6.45) is 9.56. The number of pyridine rings is 1. The molecule has 202 valence electrons. The van der Waals surface area contributed by atoms with Crippen LogP contribution in [0.2, 0.25) is 0 Å². The number of methoxy groups -OCH3 is 1. The third kappa shape index (κ3) is 5.82. The molecule has 0 bridgehead atoms. The Kier molecular flexibility index (Phi) is 7.96. The molecule has 1 aliphatic carbocycles. The van der Waals surface area contributed by atoms with Gasteiger partial charge in [0, 0.05) is 29.7 Å². The molecule has 0 radical (unpaired) electrons. The average Bonchev–Trinajstić information content (AvgIpc) is 3.38. The fourth-order valence-electron chi connectivity index (χ4n) is 5.75. The summed E-state index contributed by atoms with van der Waals surface area (Å²) in [5.74, 6) is 0.146. The Bertz CT molecular complexity index is 1430. The van der Waals surface area contributed by atoms with Gasteiger partial charge in [0.15, 0.2) is 0 Å². The van der Waals surface area contributed by atoms with Crippen LogP contribution < -0.4 is 15.4 Å². The van der Waals surface area contributed by atoms with Crippen LogP contribution in [0.1, 0.15) is 66.7 Å². The van der Waals surface area contributed by atoms with Gasteiger partial charge in [0.25, 0.3) is 5.91 Å². The monoisotopic (exact) mass is 524 g/mol. The molecular weight excluding hydrogens is 488 g/mol. The molecule has 0 aliphatic heterocycles. The molecule has 2 amide bonds. The van der Waals surface area contributed by atoms with Crippen LogP contribution in [0, 0.1) is 5.92 Å². The van der Waals surface area contributed by atoms with Crippen LogP contribution in [-0.4, -0.2) is 34.4 Å². The standard InChI is InChI=1S/C32H36N4O3/c1-32(20-23-21-34-26-16-8-6-14-24(23)26,36-30(37)25-15-7-9-18-28(25)39-2)31(38)35-29(22-12-4-3-5-13-22)27-17-10-11-19-33-27/h6-11,14-19,21-22,29,34H,3-5,12-13,20H2,1-2H3,(H,35,38)(H,36,37)/t29?,32-/m0/s1. The molecule has 1 aliphatic rings. The number of hydrogen-bond donors (Lipinski definition) is 3. The number of aromatic amines is 1. The number of hydrogen-bond acceptors (Lipinski definition) is 4. The minimum absolute atomic E-state index is 0.232.